The Kier molecular flexibility index (Phi) is 5.12. The molecule has 1 aromatic rings. The van der Waals surface area contributed by atoms with Crippen molar-refractivity contribution in [1.29, 1.82) is 0 Å². The van der Waals surface area contributed by atoms with E-state index in [1.54, 1.807) is 0 Å². The predicted molar refractivity (Wildman–Crippen MR) is 78.2 cm³/mol. The monoisotopic (exact) mass is 263 g/mol. The fourth-order valence-electron chi connectivity index (χ4n) is 2.60. The first kappa shape index (κ1) is 15.7. The molecule has 19 heavy (non-hydrogen) atoms. The summed E-state index contributed by atoms with van der Waals surface area (Å²) >= 11 is 0. The zero-order valence-corrected chi connectivity index (χ0v) is 12.6. The minimum atomic E-state index is -0.391. The van der Waals surface area contributed by atoms with E-state index in [9.17, 15) is 4.79 Å². The number of benzene rings is 1. The third-order valence-electron chi connectivity index (χ3n) is 4.01. The van der Waals surface area contributed by atoms with Crippen LogP contribution in [0.5, 0.6) is 0 Å². The van der Waals surface area contributed by atoms with Crippen LogP contribution in [0.25, 0.3) is 0 Å². The molecule has 0 radical (unpaired) electrons. The van der Waals surface area contributed by atoms with E-state index in [0.717, 1.165) is 12.0 Å². The maximum absolute atomic E-state index is 11.7. The summed E-state index contributed by atoms with van der Waals surface area (Å²) in [7, 11) is 1.42. The molecule has 0 bridgehead atoms. The van der Waals surface area contributed by atoms with Crippen LogP contribution in [-0.4, -0.2) is 19.1 Å². The largest absolute Gasteiger partial charge is 0.469 e. The number of nitrogens with two attached hydrogens (primary N) is 1. The van der Waals surface area contributed by atoms with Gasteiger partial charge in [-0.3, -0.25) is 4.79 Å². The zero-order chi connectivity index (χ0) is 14.6. The number of carbonyl (C=O) groups is 1. The van der Waals surface area contributed by atoms with Crippen LogP contribution in [0.2, 0.25) is 0 Å². The van der Waals surface area contributed by atoms with E-state index in [-0.39, 0.29) is 12.0 Å². The number of rotatable bonds is 5. The number of carbonyl (C=O) groups excluding carboxylic acids is 1. The van der Waals surface area contributed by atoms with Crippen LogP contribution < -0.4 is 5.73 Å². The molecule has 0 spiro atoms. The maximum atomic E-state index is 11.7. The summed E-state index contributed by atoms with van der Waals surface area (Å²) in [6.45, 7) is 8.22. The van der Waals surface area contributed by atoms with Gasteiger partial charge in [0.15, 0.2) is 0 Å². The second-order valence-electron chi connectivity index (χ2n) is 5.50. The lowest BCUT2D eigenvalue weighted by Crippen LogP contribution is -2.45. The first-order valence-corrected chi connectivity index (χ1v) is 6.75. The molecule has 3 heteroatoms. The minimum Gasteiger partial charge on any atom is -0.469 e. The molecule has 0 fully saturated rings. The Morgan fingerprint density at radius 2 is 2.05 bits per heavy atom. The van der Waals surface area contributed by atoms with Crippen molar-refractivity contribution in [3.63, 3.8) is 0 Å². The van der Waals surface area contributed by atoms with Crippen molar-refractivity contribution >= 4 is 5.97 Å². The van der Waals surface area contributed by atoms with Gasteiger partial charge in [-0.05, 0) is 31.4 Å². The molecule has 0 aliphatic heterocycles. The van der Waals surface area contributed by atoms with Crippen LogP contribution in [0.3, 0.4) is 0 Å². The number of aryl methyl sites for hydroxylation is 2. The summed E-state index contributed by atoms with van der Waals surface area (Å²) in [5.41, 5.74) is 9.40. The van der Waals surface area contributed by atoms with E-state index in [4.69, 9.17) is 10.5 Å². The highest BCUT2D eigenvalue weighted by atomic mass is 16.5. The van der Waals surface area contributed by atoms with Gasteiger partial charge in [0.2, 0.25) is 0 Å². The van der Waals surface area contributed by atoms with Gasteiger partial charge in [0.25, 0.3) is 0 Å². The van der Waals surface area contributed by atoms with Crippen molar-refractivity contribution in [2.45, 2.75) is 52.0 Å². The second-order valence-corrected chi connectivity index (χ2v) is 5.50. The van der Waals surface area contributed by atoms with Crippen LogP contribution in [0.1, 0.15) is 43.4 Å². The normalized spacial score (nSPS) is 15.7. The fourth-order valence-corrected chi connectivity index (χ4v) is 2.60. The predicted octanol–water partition coefficient (Wildman–Crippen LogP) is 2.86. The Bertz CT molecular complexity index is 456. The number of hydrogen-bond acceptors (Lipinski definition) is 3. The van der Waals surface area contributed by atoms with E-state index in [2.05, 4.69) is 39.0 Å². The van der Waals surface area contributed by atoms with Gasteiger partial charge in [0.05, 0.1) is 13.5 Å². The second kappa shape index (κ2) is 6.20. The van der Waals surface area contributed by atoms with Gasteiger partial charge in [0, 0.05) is 11.5 Å². The highest BCUT2D eigenvalue weighted by Crippen LogP contribution is 2.35. The van der Waals surface area contributed by atoms with Gasteiger partial charge >= 0.3 is 5.97 Å². The summed E-state index contributed by atoms with van der Waals surface area (Å²) in [5.74, 6) is -0.215. The van der Waals surface area contributed by atoms with Crippen molar-refractivity contribution in [2.24, 2.45) is 5.73 Å². The molecule has 0 aromatic heterocycles. The first-order chi connectivity index (χ1) is 8.85. The average Bonchev–Trinajstić information content (AvgIpc) is 2.40. The van der Waals surface area contributed by atoms with E-state index >= 15 is 0 Å². The van der Waals surface area contributed by atoms with Gasteiger partial charge in [-0.15, -0.1) is 0 Å². The number of esters is 1. The van der Waals surface area contributed by atoms with Crippen LogP contribution in [-0.2, 0) is 14.9 Å². The molecule has 1 rings (SSSR count). The SMILES string of the molecule is CCC(N)C(C)(CC(=O)OC)c1cc(C)ccc1C. The third kappa shape index (κ3) is 3.35. The van der Waals surface area contributed by atoms with Gasteiger partial charge in [-0.2, -0.15) is 0 Å². The Balaban J connectivity index is 3.30. The van der Waals surface area contributed by atoms with E-state index < -0.39 is 5.41 Å². The van der Waals surface area contributed by atoms with E-state index in [1.807, 2.05) is 6.92 Å². The Morgan fingerprint density at radius 1 is 1.42 bits per heavy atom. The standard InChI is InChI=1S/C16H25NO2/c1-6-14(17)16(4,10-15(18)19-5)13-9-11(2)7-8-12(13)3/h7-9,14H,6,10,17H2,1-5H3. The third-order valence-corrected chi connectivity index (χ3v) is 4.01. The molecule has 2 N–H and O–H groups in total. The van der Waals surface area contributed by atoms with Crippen molar-refractivity contribution in [3.8, 4) is 0 Å². The molecule has 0 saturated carbocycles. The molecule has 0 heterocycles. The topological polar surface area (TPSA) is 52.3 Å². The van der Waals surface area contributed by atoms with E-state index in [1.165, 1.54) is 18.2 Å². The quantitative estimate of drug-likeness (QED) is 0.831. The minimum absolute atomic E-state index is 0.0768. The highest BCUT2D eigenvalue weighted by molar-refractivity contribution is 5.71. The highest BCUT2D eigenvalue weighted by Gasteiger charge is 2.36. The number of ether oxygens (including phenoxy) is 1. The average molecular weight is 263 g/mol. The summed E-state index contributed by atoms with van der Waals surface area (Å²) < 4.78 is 4.84. The smallest absolute Gasteiger partial charge is 0.306 e. The van der Waals surface area contributed by atoms with Crippen molar-refractivity contribution in [2.75, 3.05) is 7.11 Å². The molecular formula is C16H25NO2. The molecule has 1 aromatic carbocycles. The molecule has 0 aliphatic carbocycles. The molecule has 3 nitrogen and oxygen atoms in total. The fraction of sp³-hybridized carbons (Fsp3) is 0.562. The molecule has 2 atom stereocenters. The Morgan fingerprint density at radius 3 is 2.58 bits per heavy atom. The Labute approximate surface area is 116 Å². The Hall–Kier alpha value is -1.35. The molecule has 0 saturated heterocycles. The van der Waals surface area contributed by atoms with Gasteiger partial charge in [0.1, 0.15) is 0 Å². The number of methoxy groups -OCH3 is 1. The number of hydrogen-bond donors (Lipinski definition) is 1. The molecule has 106 valence electrons. The lowest BCUT2D eigenvalue weighted by Gasteiger charge is -2.36. The van der Waals surface area contributed by atoms with E-state index in [0.29, 0.717) is 6.42 Å². The zero-order valence-electron chi connectivity index (χ0n) is 12.6. The van der Waals surface area contributed by atoms with Gasteiger partial charge < -0.3 is 10.5 Å². The summed E-state index contributed by atoms with van der Waals surface area (Å²) in [5, 5.41) is 0. The van der Waals surface area contributed by atoms with Gasteiger partial charge in [-0.25, -0.2) is 0 Å². The van der Waals surface area contributed by atoms with Crippen molar-refractivity contribution in [1.82, 2.24) is 0 Å². The van der Waals surface area contributed by atoms with Gasteiger partial charge in [-0.1, -0.05) is 37.6 Å². The lowest BCUT2D eigenvalue weighted by molar-refractivity contribution is -0.142. The van der Waals surface area contributed by atoms with Crippen LogP contribution in [0, 0.1) is 13.8 Å². The lowest BCUT2D eigenvalue weighted by atomic mass is 9.71. The van der Waals surface area contributed by atoms with Crippen LogP contribution in [0.15, 0.2) is 18.2 Å². The molecule has 2 unspecified atom stereocenters. The molecular weight excluding hydrogens is 238 g/mol. The molecule has 0 aliphatic rings. The molecule has 0 amide bonds. The summed E-state index contributed by atoms with van der Waals surface area (Å²) in [6.07, 6.45) is 1.13. The van der Waals surface area contributed by atoms with Crippen LogP contribution in [0.4, 0.5) is 0 Å². The van der Waals surface area contributed by atoms with Crippen molar-refractivity contribution in [3.05, 3.63) is 34.9 Å². The maximum Gasteiger partial charge on any atom is 0.306 e. The van der Waals surface area contributed by atoms with Crippen molar-refractivity contribution < 1.29 is 9.53 Å². The first-order valence-electron chi connectivity index (χ1n) is 6.75. The summed E-state index contributed by atoms with van der Waals surface area (Å²) in [6, 6.07) is 6.22. The summed E-state index contributed by atoms with van der Waals surface area (Å²) in [4.78, 5) is 11.7. The van der Waals surface area contributed by atoms with Crippen LogP contribution >= 0.6 is 0 Å².